The van der Waals surface area contributed by atoms with Crippen LogP contribution in [-0.2, 0) is 15.5 Å². The van der Waals surface area contributed by atoms with Gasteiger partial charge in [0.1, 0.15) is 0 Å². The molecule has 0 aliphatic carbocycles. The van der Waals surface area contributed by atoms with Crippen molar-refractivity contribution in [2.24, 2.45) is 0 Å². The van der Waals surface area contributed by atoms with Gasteiger partial charge < -0.3 is 0 Å². The van der Waals surface area contributed by atoms with Gasteiger partial charge in [0, 0.05) is 10.7 Å². The fourth-order valence-electron chi connectivity index (χ4n) is 0.691. The van der Waals surface area contributed by atoms with Crippen LogP contribution in [0.25, 0.3) is 0 Å². The van der Waals surface area contributed by atoms with Gasteiger partial charge in [-0.05, 0) is 12.1 Å². The number of benzene rings is 1. The van der Waals surface area contributed by atoms with E-state index in [1.807, 2.05) is 0 Å². The van der Waals surface area contributed by atoms with Gasteiger partial charge in [-0.25, -0.2) is 0 Å². The second-order valence-corrected chi connectivity index (χ2v) is 4.79. The van der Waals surface area contributed by atoms with Gasteiger partial charge in [0.05, 0.1) is 10.6 Å². The van der Waals surface area contributed by atoms with Crippen LogP contribution in [0.15, 0.2) is 24.3 Å². The molecule has 1 aromatic rings. The normalized spacial score (nSPS) is 11.6. The van der Waals surface area contributed by atoms with Gasteiger partial charge in [-0.3, -0.25) is 4.55 Å². The van der Waals surface area contributed by atoms with E-state index in [1.54, 1.807) is 0 Å². The molecular weight excluding hydrogens is 292 g/mol. The summed E-state index contributed by atoms with van der Waals surface area (Å²) in [5, 5.41) is -0.264. The SMILES string of the molecule is FC(F)(F)c1ccccc1Cl.O=S(=O)(O)Cl. The van der Waals surface area contributed by atoms with Gasteiger partial charge in [0.15, 0.2) is 0 Å². The molecule has 0 fully saturated rings. The first-order valence-corrected chi connectivity index (χ1v) is 6.15. The molecule has 0 heterocycles. The van der Waals surface area contributed by atoms with Crippen molar-refractivity contribution >= 4 is 31.6 Å². The lowest BCUT2D eigenvalue weighted by Gasteiger charge is -2.06. The van der Waals surface area contributed by atoms with Crippen molar-refractivity contribution in [1.29, 1.82) is 0 Å². The van der Waals surface area contributed by atoms with Crippen LogP contribution in [0, 0.1) is 0 Å². The molecule has 16 heavy (non-hydrogen) atoms. The molecule has 0 unspecified atom stereocenters. The summed E-state index contributed by atoms with van der Waals surface area (Å²) in [6.45, 7) is 0. The molecule has 0 spiro atoms. The minimum atomic E-state index is -4.35. The Bertz CT molecular complexity index is 436. The quantitative estimate of drug-likeness (QED) is 0.590. The summed E-state index contributed by atoms with van der Waals surface area (Å²) >= 11 is 5.29. The highest BCUT2D eigenvalue weighted by molar-refractivity contribution is 8.09. The Kier molecular flexibility index (Phi) is 5.54. The van der Waals surface area contributed by atoms with E-state index in [-0.39, 0.29) is 5.02 Å². The molecule has 1 N–H and O–H groups in total. The minimum absolute atomic E-state index is 0.264. The van der Waals surface area contributed by atoms with E-state index in [2.05, 4.69) is 10.7 Å². The molecule has 0 bridgehead atoms. The molecule has 0 radical (unpaired) electrons. The van der Waals surface area contributed by atoms with Crippen LogP contribution >= 0.6 is 22.3 Å². The van der Waals surface area contributed by atoms with Crippen molar-refractivity contribution in [1.82, 2.24) is 0 Å². The van der Waals surface area contributed by atoms with E-state index >= 15 is 0 Å². The molecule has 0 aromatic heterocycles. The summed E-state index contributed by atoms with van der Waals surface area (Å²) in [4.78, 5) is 0. The van der Waals surface area contributed by atoms with Gasteiger partial charge in [0.25, 0.3) is 0 Å². The summed E-state index contributed by atoms with van der Waals surface area (Å²) in [5.74, 6) is 0. The molecule has 0 aliphatic heterocycles. The molecular formula is C7H5Cl2F3O3S. The summed E-state index contributed by atoms with van der Waals surface area (Å²) in [5.41, 5.74) is -0.790. The zero-order chi connectivity index (χ0) is 13.0. The predicted octanol–water partition coefficient (Wildman–Crippen LogP) is 3.39. The lowest BCUT2D eigenvalue weighted by Crippen LogP contribution is -2.04. The van der Waals surface area contributed by atoms with Gasteiger partial charge in [-0.15, -0.1) is 0 Å². The Hall–Kier alpha value is -0.500. The van der Waals surface area contributed by atoms with Gasteiger partial charge in [-0.1, -0.05) is 23.7 Å². The van der Waals surface area contributed by atoms with Crippen molar-refractivity contribution in [2.45, 2.75) is 6.18 Å². The number of halogens is 5. The monoisotopic (exact) mass is 296 g/mol. The Morgan fingerprint density at radius 1 is 1.19 bits per heavy atom. The first-order chi connectivity index (χ1) is 7.02. The highest BCUT2D eigenvalue weighted by Crippen LogP contribution is 2.33. The Labute approximate surface area is 99.0 Å². The van der Waals surface area contributed by atoms with E-state index in [1.165, 1.54) is 18.2 Å². The largest absolute Gasteiger partial charge is 0.417 e. The van der Waals surface area contributed by atoms with Crippen LogP contribution in [0.1, 0.15) is 5.56 Å². The lowest BCUT2D eigenvalue weighted by molar-refractivity contribution is -0.137. The van der Waals surface area contributed by atoms with Crippen molar-refractivity contribution in [2.75, 3.05) is 0 Å². The first-order valence-electron chi connectivity index (χ1n) is 3.50. The first kappa shape index (κ1) is 15.5. The predicted molar refractivity (Wildman–Crippen MR) is 53.9 cm³/mol. The van der Waals surface area contributed by atoms with Gasteiger partial charge >= 0.3 is 15.5 Å². The number of alkyl halides is 3. The summed E-state index contributed by atoms with van der Waals surface area (Å²) in [6.07, 6.45) is -4.35. The average Bonchev–Trinajstić information content (AvgIpc) is 1.99. The standard InChI is InChI=1S/C7H4ClF3.ClHO3S/c8-6-4-2-1-3-5(6)7(9,10)11;1-5(2,3)4/h1-4H;(H,2,3,4). The summed E-state index contributed by atoms with van der Waals surface area (Å²) in [6, 6.07) is 4.92. The highest BCUT2D eigenvalue weighted by atomic mass is 35.7. The fraction of sp³-hybridized carbons (Fsp3) is 0.143. The van der Waals surface area contributed by atoms with Crippen molar-refractivity contribution in [3.8, 4) is 0 Å². The van der Waals surface area contributed by atoms with E-state index < -0.39 is 21.1 Å². The zero-order valence-electron chi connectivity index (χ0n) is 7.37. The molecule has 0 aliphatic rings. The molecule has 9 heteroatoms. The Morgan fingerprint density at radius 3 is 1.81 bits per heavy atom. The molecule has 3 nitrogen and oxygen atoms in total. The molecule has 1 rings (SSSR count). The minimum Gasteiger partial charge on any atom is -0.273 e. The maximum Gasteiger partial charge on any atom is 0.417 e. The average molecular weight is 297 g/mol. The van der Waals surface area contributed by atoms with Crippen LogP contribution in [0.2, 0.25) is 5.02 Å². The van der Waals surface area contributed by atoms with Crippen LogP contribution in [0.4, 0.5) is 13.2 Å². The number of rotatable bonds is 0. The molecule has 0 saturated carbocycles. The molecule has 0 amide bonds. The van der Waals surface area contributed by atoms with Crippen molar-refractivity contribution in [3.63, 3.8) is 0 Å². The highest BCUT2D eigenvalue weighted by Gasteiger charge is 2.32. The third-order valence-corrected chi connectivity index (χ3v) is 1.51. The third kappa shape index (κ3) is 7.75. The van der Waals surface area contributed by atoms with Gasteiger partial charge in [-0.2, -0.15) is 21.6 Å². The smallest absolute Gasteiger partial charge is 0.273 e. The summed E-state index contributed by atoms with van der Waals surface area (Å²) in [7, 11) is -0.137. The molecule has 0 saturated heterocycles. The summed E-state index contributed by atoms with van der Waals surface area (Å²) < 4.78 is 61.1. The van der Waals surface area contributed by atoms with Crippen LogP contribution in [-0.4, -0.2) is 13.0 Å². The zero-order valence-corrected chi connectivity index (χ0v) is 9.70. The van der Waals surface area contributed by atoms with Crippen LogP contribution in [0.3, 0.4) is 0 Å². The molecule has 0 atom stereocenters. The topological polar surface area (TPSA) is 54.4 Å². The molecule has 1 aromatic carbocycles. The lowest BCUT2D eigenvalue weighted by atomic mass is 10.2. The number of hydrogen-bond acceptors (Lipinski definition) is 2. The van der Waals surface area contributed by atoms with E-state index in [9.17, 15) is 13.2 Å². The molecule has 92 valence electrons. The van der Waals surface area contributed by atoms with E-state index in [4.69, 9.17) is 24.6 Å². The maximum atomic E-state index is 12.0. The van der Waals surface area contributed by atoms with Crippen molar-refractivity contribution < 1.29 is 26.1 Å². The fourth-order valence-corrected chi connectivity index (χ4v) is 0.934. The second-order valence-electron chi connectivity index (χ2n) is 2.39. The van der Waals surface area contributed by atoms with Gasteiger partial charge in [0.2, 0.25) is 0 Å². The third-order valence-electron chi connectivity index (χ3n) is 1.18. The van der Waals surface area contributed by atoms with Crippen LogP contribution < -0.4 is 0 Å². The Morgan fingerprint density at radius 2 is 1.56 bits per heavy atom. The number of hydrogen-bond donors (Lipinski definition) is 1. The Balaban J connectivity index is 0.000000385. The van der Waals surface area contributed by atoms with Crippen LogP contribution in [0.5, 0.6) is 0 Å². The van der Waals surface area contributed by atoms with E-state index in [0.717, 1.165) is 6.07 Å². The van der Waals surface area contributed by atoms with Crippen molar-refractivity contribution in [3.05, 3.63) is 34.9 Å². The maximum absolute atomic E-state index is 12.0. The van der Waals surface area contributed by atoms with E-state index in [0.29, 0.717) is 0 Å². The second kappa shape index (κ2) is 5.72.